The van der Waals surface area contributed by atoms with Crippen molar-refractivity contribution in [3.05, 3.63) is 69.7 Å². The summed E-state index contributed by atoms with van der Waals surface area (Å²) < 4.78 is 0. The maximum absolute atomic E-state index is 12.6. The summed E-state index contributed by atoms with van der Waals surface area (Å²) in [6.07, 6.45) is 2.49. The standard InChI is InChI=1S/C20H16ClN3O2S2/c1-11-18(25)23-16-9-13(4-7-17(16)27-11)19(26)24-20-22-10-15(28-20)8-12-2-5-14(21)6-3-12/h2-7,9-11H,8H2,1H3,(H,23,25)(H,22,24,26). The van der Waals surface area contributed by atoms with E-state index in [1.807, 2.05) is 37.3 Å². The third-order valence-corrected chi connectivity index (χ3v) is 6.58. The lowest BCUT2D eigenvalue weighted by Gasteiger charge is -2.21. The Labute approximate surface area is 175 Å². The number of rotatable bonds is 4. The van der Waals surface area contributed by atoms with E-state index in [0.717, 1.165) is 21.8 Å². The maximum atomic E-state index is 12.6. The lowest BCUT2D eigenvalue weighted by atomic mass is 10.1. The summed E-state index contributed by atoms with van der Waals surface area (Å²) in [6, 6.07) is 13.0. The quantitative estimate of drug-likeness (QED) is 0.607. The van der Waals surface area contributed by atoms with Crippen molar-refractivity contribution in [2.24, 2.45) is 0 Å². The second kappa shape index (κ2) is 7.95. The first-order valence-electron chi connectivity index (χ1n) is 8.60. The molecule has 2 aromatic carbocycles. The number of carbonyl (C=O) groups is 2. The molecule has 28 heavy (non-hydrogen) atoms. The number of fused-ring (bicyclic) bond motifs is 1. The van der Waals surface area contributed by atoms with E-state index in [2.05, 4.69) is 15.6 Å². The van der Waals surface area contributed by atoms with Gasteiger partial charge < -0.3 is 5.32 Å². The van der Waals surface area contributed by atoms with Crippen LogP contribution in [-0.4, -0.2) is 22.0 Å². The molecule has 5 nitrogen and oxygen atoms in total. The fourth-order valence-electron chi connectivity index (χ4n) is 2.77. The van der Waals surface area contributed by atoms with E-state index in [4.69, 9.17) is 11.6 Å². The number of carbonyl (C=O) groups excluding carboxylic acids is 2. The number of aromatic nitrogens is 1. The average molecular weight is 430 g/mol. The highest BCUT2D eigenvalue weighted by Crippen LogP contribution is 2.36. The van der Waals surface area contributed by atoms with Crippen molar-refractivity contribution >= 4 is 57.3 Å². The van der Waals surface area contributed by atoms with E-state index >= 15 is 0 Å². The number of hydrogen-bond donors (Lipinski definition) is 2. The van der Waals surface area contributed by atoms with Gasteiger partial charge in [0.15, 0.2) is 5.13 Å². The Kier molecular flexibility index (Phi) is 5.39. The number of amides is 2. The molecule has 1 aliphatic rings. The Morgan fingerprint density at radius 1 is 1.25 bits per heavy atom. The number of nitrogens with one attached hydrogen (secondary N) is 2. The maximum Gasteiger partial charge on any atom is 0.257 e. The number of halogens is 1. The fraction of sp³-hybridized carbons (Fsp3) is 0.150. The molecule has 1 atom stereocenters. The first kappa shape index (κ1) is 19.0. The van der Waals surface area contributed by atoms with Gasteiger partial charge in [-0.2, -0.15) is 0 Å². The van der Waals surface area contributed by atoms with Gasteiger partial charge in [-0.05, 0) is 42.8 Å². The molecule has 142 valence electrons. The van der Waals surface area contributed by atoms with Crippen LogP contribution in [0.1, 0.15) is 27.7 Å². The number of benzene rings is 2. The highest BCUT2D eigenvalue weighted by Gasteiger charge is 2.23. The topological polar surface area (TPSA) is 71.1 Å². The zero-order chi connectivity index (χ0) is 19.7. The van der Waals surface area contributed by atoms with Crippen molar-refractivity contribution < 1.29 is 9.59 Å². The molecule has 2 heterocycles. The molecule has 0 radical (unpaired) electrons. The van der Waals surface area contributed by atoms with Crippen LogP contribution < -0.4 is 10.6 Å². The summed E-state index contributed by atoms with van der Waals surface area (Å²) in [6.45, 7) is 1.85. The summed E-state index contributed by atoms with van der Waals surface area (Å²) in [5.41, 5.74) is 2.27. The number of hydrogen-bond acceptors (Lipinski definition) is 5. The summed E-state index contributed by atoms with van der Waals surface area (Å²) in [7, 11) is 0. The van der Waals surface area contributed by atoms with E-state index in [0.29, 0.717) is 21.4 Å². The van der Waals surface area contributed by atoms with E-state index in [1.54, 1.807) is 18.3 Å². The molecule has 0 fully saturated rings. The van der Waals surface area contributed by atoms with Crippen molar-refractivity contribution in [2.75, 3.05) is 10.6 Å². The molecule has 2 N–H and O–H groups in total. The molecule has 1 aliphatic heterocycles. The Hall–Kier alpha value is -2.35. The van der Waals surface area contributed by atoms with Gasteiger partial charge >= 0.3 is 0 Å². The Bertz CT molecular complexity index is 1050. The molecule has 0 aliphatic carbocycles. The number of anilines is 2. The molecule has 0 bridgehead atoms. The minimum atomic E-state index is -0.256. The fourth-order valence-corrected chi connectivity index (χ4v) is 4.67. The Morgan fingerprint density at radius 3 is 2.82 bits per heavy atom. The first-order chi connectivity index (χ1) is 13.5. The molecule has 3 aromatic rings. The second-order valence-electron chi connectivity index (χ2n) is 6.35. The van der Waals surface area contributed by atoms with E-state index < -0.39 is 0 Å². The van der Waals surface area contributed by atoms with Crippen molar-refractivity contribution in [1.29, 1.82) is 0 Å². The third kappa shape index (κ3) is 4.22. The lowest BCUT2D eigenvalue weighted by molar-refractivity contribution is -0.115. The summed E-state index contributed by atoms with van der Waals surface area (Å²) in [4.78, 5) is 30.7. The van der Waals surface area contributed by atoms with Gasteiger partial charge in [0, 0.05) is 33.0 Å². The van der Waals surface area contributed by atoms with Crippen LogP contribution in [0.5, 0.6) is 0 Å². The number of nitrogens with zero attached hydrogens (tertiary/aromatic N) is 1. The van der Waals surface area contributed by atoms with Gasteiger partial charge in [-0.1, -0.05) is 23.7 Å². The van der Waals surface area contributed by atoms with E-state index in [9.17, 15) is 9.59 Å². The van der Waals surface area contributed by atoms with Crippen molar-refractivity contribution in [3.63, 3.8) is 0 Å². The molecule has 2 amide bonds. The Balaban J connectivity index is 1.44. The van der Waals surface area contributed by atoms with Gasteiger partial charge in [0.05, 0.1) is 10.9 Å². The third-order valence-electron chi connectivity index (χ3n) is 4.24. The summed E-state index contributed by atoms with van der Waals surface area (Å²) in [5, 5.41) is 6.78. The minimum Gasteiger partial charge on any atom is -0.324 e. The zero-order valence-electron chi connectivity index (χ0n) is 14.9. The smallest absolute Gasteiger partial charge is 0.257 e. The minimum absolute atomic E-state index is 0.0539. The van der Waals surface area contributed by atoms with Crippen molar-refractivity contribution in [3.8, 4) is 0 Å². The molecule has 8 heteroatoms. The second-order valence-corrected chi connectivity index (χ2v) is 9.28. The van der Waals surface area contributed by atoms with Gasteiger partial charge in [0.2, 0.25) is 5.91 Å². The normalized spacial score (nSPS) is 15.6. The van der Waals surface area contributed by atoms with Gasteiger partial charge in [-0.3, -0.25) is 14.9 Å². The Morgan fingerprint density at radius 2 is 2.04 bits per heavy atom. The SMILES string of the molecule is CC1Sc2ccc(C(=O)Nc3ncc(Cc4ccc(Cl)cc4)s3)cc2NC1=O. The van der Waals surface area contributed by atoms with Crippen LogP contribution in [0.2, 0.25) is 5.02 Å². The highest BCUT2D eigenvalue weighted by atomic mass is 35.5. The van der Waals surface area contributed by atoms with Gasteiger partial charge in [-0.25, -0.2) is 4.98 Å². The van der Waals surface area contributed by atoms with Crippen LogP contribution in [0.25, 0.3) is 0 Å². The average Bonchev–Trinajstić information content (AvgIpc) is 3.11. The number of thiazole rings is 1. The van der Waals surface area contributed by atoms with Crippen LogP contribution in [-0.2, 0) is 11.2 Å². The molecule has 1 unspecified atom stereocenters. The van der Waals surface area contributed by atoms with E-state index in [1.165, 1.54) is 23.1 Å². The molecular formula is C20H16ClN3O2S2. The molecule has 1 aromatic heterocycles. The summed E-state index contributed by atoms with van der Waals surface area (Å²) in [5.74, 6) is -0.310. The van der Waals surface area contributed by atoms with Crippen LogP contribution in [0, 0.1) is 0 Å². The molecule has 4 rings (SSSR count). The van der Waals surface area contributed by atoms with Crippen LogP contribution >= 0.6 is 34.7 Å². The van der Waals surface area contributed by atoms with Crippen molar-refractivity contribution in [2.45, 2.75) is 23.5 Å². The predicted molar refractivity (Wildman–Crippen MR) is 115 cm³/mol. The predicted octanol–water partition coefficient (Wildman–Crippen LogP) is 5.07. The van der Waals surface area contributed by atoms with Crippen LogP contribution in [0.15, 0.2) is 53.6 Å². The summed E-state index contributed by atoms with van der Waals surface area (Å²) >= 11 is 8.83. The molecule has 0 spiro atoms. The number of thioether (sulfide) groups is 1. The molecular weight excluding hydrogens is 414 g/mol. The van der Waals surface area contributed by atoms with Crippen LogP contribution in [0.4, 0.5) is 10.8 Å². The lowest BCUT2D eigenvalue weighted by Crippen LogP contribution is -2.26. The molecule has 0 saturated carbocycles. The largest absolute Gasteiger partial charge is 0.324 e. The van der Waals surface area contributed by atoms with Gasteiger partial charge in [0.25, 0.3) is 5.91 Å². The van der Waals surface area contributed by atoms with Gasteiger partial charge in [-0.15, -0.1) is 23.1 Å². The van der Waals surface area contributed by atoms with Gasteiger partial charge in [0.1, 0.15) is 0 Å². The highest BCUT2D eigenvalue weighted by molar-refractivity contribution is 8.00. The van der Waals surface area contributed by atoms with E-state index in [-0.39, 0.29) is 17.1 Å². The van der Waals surface area contributed by atoms with Crippen LogP contribution in [0.3, 0.4) is 0 Å². The first-order valence-corrected chi connectivity index (χ1v) is 10.7. The monoisotopic (exact) mass is 429 g/mol. The molecule has 0 saturated heterocycles. The van der Waals surface area contributed by atoms with Crippen molar-refractivity contribution in [1.82, 2.24) is 4.98 Å². The zero-order valence-corrected chi connectivity index (χ0v) is 17.3.